The minimum Gasteiger partial charge on any atom is -0.480 e. The molecule has 0 aliphatic carbocycles. The summed E-state index contributed by atoms with van der Waals surface area (Å²) in [5.41, 5.74) is 1.31. The average Bonchev–Trinajstić information content (AvgIpc) is 2.54. The van der Waals surface area contributed by atoms with Crippen LogP contribution in [-0.2, 0) is 23.5 Å². The Hall–Kier alpha value is -2.66. The van der Waals surface area contributed by atoms with Crippen molar-refractivity contribution in [2.75, 3.05) is 0 Å². The van der Waals surface area contributed by atoms with Crippen LogP contribution in [-0.4, -0.2) is 25.8 Å². The van der Waals surface area contributed by atoms with Crippen LogP contribution in [0.1, 0.15) is 23.7 Å². The van der Waals surface area contributed by atoms with Crippen LogP contribution in [0.25, 0.3) is 0 Å². The molecule has 0 atom stereocenters. The Balaban J connectivity index is 2.23. The van der Waals surface area contributed by atoms with Gasteiger partial charge in [-0.25, -0.2) is 4.68 Å². The van der Waals surface area contributed by atoms with Crippen LogP contribution in [0.5, 0.6) is 0 Å². The lowest BCUT2D eigenvalue weighted by Gasteiger charge is -2.10. The van der Waals surface area contributed by atoms with Crippen molar-refractivity contribution in [3.8, 4) is 6.07 Å². The van der Waals surface area contributed by atoms with Gasteiger partial charge in [0.2, 0.25) is 0 Å². The lowest BCUT2D eigenvalue weighted by molar-refractivity contribution is -0.138. The summed E-state index contributed by atoms with van der Waals surface area (Å²) in [5, 5.41) is 22.1. The molecular weight excluding hydrogens is 316 g/mol. The summed E-state index contributed by atoms with van der Waals surface area (Å²) in [5.74, 6) is -0.560. The van der Waals surface area contributed by atoms with E-state index in [4.69, 9.17) is 10.4 Å². The van der Waals surface area contributed by atoms with Crippen LogP contribution in [0.2, 0.25) is 0 Å². The molecule has 1 aromatic carbocycles. The molecule has 0 bridgehead atoms. The first-order valence-electron chi connectivity index (χ1n) is 6.85. The van der Waals surface area contributed by atoms with Crippen LogP contribution >= 0.6 is 11.8 Å². The van der Waals surface area contributed by atoms with Gasteiger partial charge in [-0.2, -0.15) is 15.3 Å². The van der Waals surface area contributed by atoms with E-state index in [9.17, 15) is 9.59 Å². The Bertz CT molecular complexity index is 809. The second-order valence-corrected chi connectivity index (χ2v) is 5.59. The zero-order valence-electron chi connectivity index (χ0n) is 12.4. The minimum atomic E-state index is -1.05. The van der Waals surface area contributed by atoms with Crippen molar-refractivity contribution in [3.63, 3.8) is 0 Å². The number of aryl methyl sites for hydroxylation is 1. The number of aliphatic carboxylic acids is 1. The molecule has 0 unspecified atom stereocenters. The normalized spacial score (nSPS) is 10.3. The van der Waals surface area contributed by atoms with Gasteiger partial charge in [0, 0.05) is 5.75 Å². The fourth-order valence-electron chi connectivity index (χ4n) is 1.82. The fourth-order valence-corrected chi connectivity index (χ4v) is 2.71. The van der Waals surface area contributed by atoms with Crippen molar-refractivity contribution in [2.45, 2.75) is 30.8 Å². The van der Waals surface area contributed by atoms with E-state index in [1.165, 1.54) is 16.4 Å². The molecule has 23 heavy (non-hydrogen) atoms. The molecule has 0 aliphatic rings. The molecule has 1 heterocycles. The summed E-state index contributed by atoms with van der Waals surface area (Å²) in [6.07, 6.45) is 0.395. The van der Waals surface area contributed by atoms with E-state index >= 15 is 0 Å². The van der Waals surface area contributed by atoms with Crippen molar-refractivity contribution in [3.05, 3.63) is 51.4 Å². The second kappa shape index (κ2) is 7.56. The number of carboxylic acid groups (broad SMARTS) is 1. The van der Waals surface area contributed by atoms with Gasteiger partial charge in [-0.3, -0.25) is 9.59 Å². The Morgan fingerprint density at radius 1 is 1.39 bits per heavy atom. The average molecular weight is 330 g/mol. The number of aromatic nitrogens is 3. The first-order chi connectivity index (χ1) is 11.0. The summed E-state index contributed by atoms with van der Waals surface area (Å²) in [7, 11) is 0. The summed E-state index contributed by atoms with van der Waals surface area (Å²) >= 11 is 1.23. The maximum atomic E-state index is 11.8. The molecule has 0 saturated heterocycles. The maximum absolute atomic E-state index is 11.8. The van der Waals surface area contributed by atoms with Gasteiger partial charge in [-0.1, -0.05) is 30.8 Å². The van der Waals surface area contributed by atoms with E-state index in [1.54, 1.807) is 31.2 Å². The van der Waals surface area contributed by atoms with Gasteiger partial charge in [0.15, 0.2) is 5.16 Å². The zero-order valence-corrected chi connectivity index (χ0v) is 13.2. The van der Waals surface area contributed by atoms with Gasteiger partial charge in [-0.15, -0.1) is 0 Å². The number of thioether (sulfide) groups is 1. The van der Waals surface area contributed by atoms with Crippen molar-refractivity contribution in [1.29, 1.82) is 5.26 Å². The quantitative estimate of drug-likeness (QED) is 0.798. The van der Waals surface area contributed by atoms with Crippen molar-refractivity contribution >= 4 is 17.7 Å². The number of carboxylic acids is 1. The molecule has 7 nitrogen and oxygen atoms in total. The van der Waals surface area contributed by atoms with Crippen LogP contribution < -0.4 is 5.56 Å². The number of nitriles is 1. The number of hydrogen-bond acceptors (Lipinski definition) is 6. The van der Waals surface area contributed by atoms with Gasteiger partial charge < -0.3 is 5.11 Å². The molecule has 1 aromatic heterocycles. The van der Waals surface area contributed by atoms with Gasteiger partial charge in [0.05, 0.1) is 11.6 Å². The van der Waals surface area contributed by atoms with Crippen LogP contribution in [0, 0.1) is 11.3 Å². The lowest BCUT2D eigenvalue weighted by Crippen LogP contribution is -2.25. The van der Waals surface area contributed by atoms with Crippen molar-refractivity contribution in [1.82, 2.24) is 14.8 Å². The van der Waals surface area contributed by atoms with E-state index in [2.05, 4.69) is 10.1 Å². The maximum Gasteiger partial charge on any atom is 0.325 e. The molecule has 1 N–H and O–H groups in total. The molecule has 0 saturated carbocycles. The molecule has 0 amide bonds. The second-order valence-electron chi connectivity index (χ2n) is 4.65. The molecular formula is C15H14N4O3S. The first kappa shape index (κ1) is 16.7. The molecule has 118 valence electrons. The Morgan fingerprint density at radius 3 is 2.65 bits per heavy atom. The third kappa shape index (κ3) is 4.40. The number of carbonyl (C=O) groups is 1. The Labute approximate surface area is 136 Å². The molecule has 8 heteroatoms. The van der Waals surface area contributed by atoms with Crippen LogP contribution in [0.15, 0.2) is 34.2 Å². The lowest BCUT2D eigenvalue weighted by atomic mass is 10.2. The Kier molecular flexibility index (Phi) is 5.49. The third-order valence-electron chi connectivity index (χ3n) is 2.98. The standard InChI is InChI=1S/C15H14N4O3S/c1-2-12-14(22)17-15(19(18-12)8-13(20)21)23-9-11-5-3-10(7-16)4-6-11/h3-6H,2,8-9H2,1H3,(H,20,21). The highest BCUT2D eigenvalue weighted by Crippen LogP contribution is 2.20. The number of nitrogens with zero attached hydrogens (tertiary/aromatic N) is 4. The number of hydrogen-bond donors (Lipinski definition) is 1. The molecule has 0 spiro atoms. The summed E-state index contributed by atoms with van der Waals surface area (Å²) < 4.78 is 1.23. The van der Waals surface area contributed by atoms with E-state index in [1.807, 2.05) is 6.07 Å². The third-order valence-corrected chi connectivity index (χ3v) is 4.02. The summed E-state index contributed by atoms with van der Waals surface area (Å²) in [4.78, 5) is 26.7. The summed E-state index contributed by atoms with van der Waals surface area (Å²) in [6.45, 7) is 1.41. The van der Waals surface area contributed by atoms with E-state index in [0.29, 0.717) is 17.7 Å². The summed E-state index contributed by atoms with van der Waals surface area (Å²) in [6, 6.07) is 9.05. The fraction of sp³-hybridized carbons (Fsp3) is 0.267. The SMILES string of the molecule is CCc1nn(CC(=O)O)c(SCc2ccc(C#N)cc2)nc1=O. The van der Waals surface area contributed by atoms with E-state index < -0.39 is 11.5 Å². The largest absolute Gasteiger partial charge is 0.480 e. The van der Waals surface area contributed by atoms with Gasteiger partial charge >= 0.3 is 5.97 Å². The molecule has 2 aromatic rings. The van der Waals surface area contributed by atoms with Crippen LogP contribution in [0.4, 0.5) is 0 Å². The van der Waals surface area contributed by atoms with Gasteiger partial charge in [0.25, 0.3) is 5.56 Å². The molecule has 0 fully saturated rings. The topological polar surface area (TPSA) is 109 Å². The monoisotopic (exact) mass is 330 g/mol. The van der Waals surface area contributed by atoms with Gasteiger partial charge in [0.1, 0.15) is 12.2 Å². The van der Waals surface area contributed by atoms with E-state index in [-0.39, 0.29) is 17.4 Å². The predicted octanol–water partition coefficient (Wildman–Crippen LogP) is 1.45. The van der Waals surface area contributed by atoms with E-state index in [0.717, 1.165) is 5.56 Å². The molecule has 0 radical (unpaired) electrons. The Morgan fingerprint density at radius 2 is 2.09 bits per heavy atom. The van der Waals surface area contributed by atoms with Crippen LogP contribution in [0.3, 0.4) is 0 Å². The molecule has 0 aliphatic heterocycles. The van der Waals surface area contributed by atoms with Crippen molar-refractivity contribution in [2.24, 2.45) is 0 Å². The highest BCUT2D eigenvalue weighted by Gasteiger charge is 2.12. The zero-order chi connectivity index (χ0) is 16.8. The molecule has 2 rings (SSSR count). The number of benzene rings is 1. The van der Waals surface area contributed by atoms with Gasteiger partial charge in [-0.05, 0) is 24.1 Å². The highest BCUT2D eigenvalue weighted by molar-refractivity contribution is 7.98. The predicted molar refractivity (Wildman–Crippen MR) is 84.0 cm³/mol. The minimum absolute atomic E-state index is 0.244. The van der Waals surface area contributed by atoms with Crippen molar-refractivity contribution < 1.29 is 9.90 Å². The smallest absolute Gasteiger partial charge is 0.325 e. The highest BCUT2D eigenvalue weighted by atomic mass is 32.2. The number of rotatable bonds is 6. The first-order valence-corrected chi connectivity index (χ1v) is 7.83.